The third kappa shape index (κ3) is 0.937. The van der Waals surface area contributed by atoms with Gasteiger partial charge >= 0.3 is 11.9 Å². The Bertz CT molecular complexity index is 400. The SMILES string of the molecule is CO[C@@]12C=C[C@@H](C[C@H]1C)[C@@H]1C(=O)OC(=O)[C@@H]12. The van der Waals surface area contributed by atoms with Crippen molar-refractivity contribution in [2.45, 2.75) is 18.9 Å². The van der Waals surface area contributed by atoms with E-state index in [0.29, 0.717) is 0 Å². The van der Waals surface area contributed by atoms with Crippen molar-refractivity contribution in [2.24, 2.45) is 23.7 Å². The number of fused-ring (bicyclic) bond motifs is 1. The van der Waals surface area contributed by atoms with Gasteiger partial charge in [-0.25, -0.2) is 0 Å². The van der Waals surface area contributed by atoms with Gasteiger partial charge in [0.25, 0.3) is 0 Å². The number of esters is 2. The molecule has 2 bridgehead atoms. The molecule has 0 aromatic heterocycles. The average molecular weight is 222 g/mol. The van der Waals surface area contributed by atoms with Gasteiger partial charge in [-0.15, -0.1) is 0 Å². The summed E-state index contributed by atoms with van der Waals surface area (Å²) in [6.45, 7) is 2.06. The Morgan fingerprint density at radius 1 is 1.44 bits per heavy atom. The smallest absolute Gasteiger partial charge is 0.320 e. The van der Waals surface area contributed by atoms with Crippen LogP contribution in [0.25, 0.3) is 0 Å². The maximum Gasteiger partial charge on any atom is 0.320 e. The number of hydrogen-bond donors (Lipinski definition) is 0. The van der Waals surface area contributed by atoms with E-state index in [0.717, 1.165) is 6.42 Å². The minimum Gasteiger partial charge on any atom is -0.393 e. The summed E-state index contributed by atoms with van der Waals surface area (Å²) in [7, 11) is 1.60. The normalized spacial score (nSPS) is 49.4. The van der Waals surface area contributed by atoms with Crippen molar-refractivity contribution in [2.75, 3.05) is 7.11 Å². The van der Waals surface area contributed by atoms with E-state index >= 15 is 0 Å². The Labute approximate surface area is 93.6 Å². The first kappa shape index (κ1) is 10.0. The van der Waals surface area contributed by atoms with Gasteiger partial charge in [0.05, 0.1) is 5.92 Å². The van der Waals surface area contributed by atoms with Crippen LogP contribution in [0.4, 0.5) is 0 Å². The van der Waals surface area contributed by atoms with Crippen molar-refractivity contribution >= 4 is 11.9 Å². The van der Waals surface area contributed by atoms with Crippen molar-refractivity contribution in [3.63, 3.8) is 0 Å². The van der Waals surface area contributed by atoms with Crippen LogP contribution in [0.1, 0.15) is 13.3 Å². The predicted octanol–water partition coefficient (Wildman–Crippen LogP) is 0.913. The Kier molecular flexibility index (Phi) is 1.84. The van der Waals surface area contributed by atoms with Gasteiger partial charge in [0.2, 0.25) is 0 Å². The second-order valence-electron chi connectivity index (χ2n) is 4.96. The van der Waals surface area contributed by atoms with Gasteiger partial charge in [0, 0.05) is 7.11 Å². The Morgan fingerprint density at radius 2 is 2.19 bits per heavy atom. The average Bonchev–Trinajstić information content (AvgIpc) is 2.58. The molecule has 4 heteroatoms. The third-order valence-corrected chi connectivity index (χ3v) is 4.39. The van der Waals surface area contributed by atoms with Crippen LogP contribution in [0.15, 0.2) is 12.2 Å². The number of cyclic esters (lactones) is 2. The quantitative estimate of drug-likeness (QED) is 0.376. The minimum atomic E-state index is -0.636. The standard InChI is InChI=1S/C12H14O4/c1-6-5-7-3-4-12(6,15-2)9-8(7)10(13)16-11(9)14/h3-4,6-9H,5H2,1-2H3/t6-,7+,8+,9-,12+/m1/s1. The highest BCUT2D eigenvalue weighted by Gasteiger charge is 2.64. The molecule has 2 fully saturated rings. The van der Waals surface area contributed by atoms with Gasteiger partial charge in [0.1, 0.15) is 11.5 Å². The number of ether oxygens (including phenoxy) is 2. The number of carbonyl (C=O) groups excluding carboxylic acids is 2. The van der Waals surface area contributed by atoms with Crippen LogP contribution < -0.4 is 0 Å². The molecule has 1 saturated heterocycles. The molecule has 0 N–H and O–H groups in total. The fourth-order valence-electron chi connectivity index (χ4n) is 3.58. The lowest BCUT2D eigenvalue weighted by molar-refractivity contribution is -0.158. The van der Waals surface area contributed by atoms with Crippen LogP contribution in [-0.2, 0) is 19.1 Å². The Balaban J connectivity index is 2.14. The van der Waals surface area contributed by atoms with Crippen molar-refractivity contribution in [3.05, 3.63) is 12.2 Å². The highest BCUT2D eigenvalue weighted by molar-refractivity contribution is 5.98. The molecule has 3 aliphatic carbocycles. The maximum atomic E-state index is 11.8. The molecule has 1 saturated carbocycles. The number of allylic oxidation sites excluding steroid dienone is 1. The maximum absolute atomic E-state index is 11.8. The summed E-state index contributed by atoms with van der Waals surface area (Å²) in [6.07, 6.45) is 4.84. The van der Waals surface area contributed by atoms with Gasteiger partial charge < -0.3 is 9.47 Å². The van der Waals surface area contributed by atoms with E-state index in [4.69, 9.17) is 9.47 Å². The fourth-order valence-corrected chi connectivity index (χ4v) is 3.58. The van der Waals surface area contributed by atoms with Crippen LogP contribution in [0.3, 0.4) is 0 Å². The van der Waals surface area contributed by atoms with Crippen LogP contribution in [0.2, 0.25) is 0 Å². The minimum absolute atomic E-state index is 0.135. The molecule has 16 heavy (non-hydrogen) atoms. The molecular formula is C12H14O4. The molecule has 0 aromatic rings. The highest BCUT2D eigenvalue weighted by atomic mass is 16.6. The summed E-state index contributed by atoms with van der Waals surface area (Å²) in [5.41, 5.74) is -0.636. The third-order valence-electron chi connectivity index (χ3n) is 4.39. The molecule has 0 spiro atoms. The molecule has 4 nitrogen and oxygen atoms in total. The molecular weight excluding hydrogens is 208 g/mol. The summed E-state index contributed by atoms with van der Waals surface area (Å²) in [5, 5.41) is 0. The molecule has 0 unspecified atom stereocenters. The number of carbonyl (C=O) groups is 2. The van der Waals surface area contributed by atoms with Crippen molar-refractivity contribution < 1.29 is 19.1 Å². The summed E-state index contributed by atoms with van der Waals surface area (Å²) in [4.78, 5) is 23.4. The van der Waals surface area contributed by atoms with E-state index in [-0.39, 0.29) is 23.7 Å². The monoisotopic (exact) mass is 222 g/mol. The summed E-state index contributed by atoms with van der Waals surface area (Å²) in [6, 6.07) is 0. The summed E-state index contributed by atoms with van der Waals surface area (Å²) < 4.78 is 10.3. The molecule has 5 atom stereocenters. The second-order valence-corrected chi connectivity index (χ2v) is 4.96. The van der Waals surface area contributed by atoms with E-state index in [1.807, 2.05) is 12.2 Å². The first-order valence-electron chi connectivity index (χ1n) is 5.60. The topological polar surface area (TPSA) is 52.6 Å². The van der Waals surface area contributed by atoms with Gasteiger partial charge in [-0.2, -0.15) is 0 Å². The van der Waals surface area contributed by atoms with Gasteiger partial charge in [-0.1, -0.05) is 19.1 Å². The number of rotatable bonds is 1. The van der Waals surface area contributed by atoms with Crippen LogP contribution in [-0.4, -0.2) is 24.6 Å². The summed E-state index contributed by atoms with van der Waals surface area (Å²) >= 11 is 0. The van der Waals surface area contributed by atoms with Gasteiger partial charge in [-0.05, 0) is 18.3 Å². The summed E-state index contributed by atoms with van der Waals surface area (Å²) in [5.74, 6) is -1.18. The van der Waals surface area contributed by atoms with Gasteiger partial charge in [-0.3, -0.25) is 9.59 Å². The lowest BCUT2D eigenvalue weighted by atomic mass is 9.56. The molecule has 0 radical (unpaired) electrons. The van der Waals surface area contributed by atoms with Crippen molar-refractivity contribution in [1.29, 1.82) is 0 Å². The van der Waals surface area contributed by atoms with Gasteiger partial charge in [0.15, 0.2) is 0 Å². The molecule has 4 aliphatic rings. The Hall–Kier alpha value is -1.16. The van der Waals surface area contributed by atoms with E-state index in [1.54, 1.807) is 7.11 Å². The van der Waals surface area contributed by atoms with Crippen molar-refractivity contribution in [1.82, 2.24) is 0 Å². The van der Waals surface area contributed by atoms with E-state index in [2.05, 4.69) is 6.92 Å². The zero-order chi connectivity index (χ0) is 11.5. The second kappa shape index (κ2) is 2.94. The zero-order valence-corrected chi connectivity index (χ0v) is 9.30. The van der Waals surface area contributed by atoms with Crippen LogP contribution in [0.5, 0.6) is 0 Å². The molecule has 4 rings (SSSR count). The molecule has 1 heterocycles. The van der Waals surface area contributed by atoms with E-state index in [1.165, 1.54) is 0 Å². The van der Waals surface area contributed by atoms with Crippen LogP contribution in [0, 0.1) is 23.7 Å². The molecule has 1 aliphatic heterocycles. The predicted molar refractivity (Wildman–Crippen MR) is 54.2 cm³/mol. The molecule has 0 aromatic carbocycles. The van der Waals surface area contributed by atoms with Crippen molar-refractivity contribution in [3.8, 4) is 0 Å². The molecule has 86 valence electrons. The fraction of sp³-hybridized carbons (Fsp3) is 0.667. The van der Waals surface area contributed by atoms with E-state index < -0.39 is 17.5 Å². The lowest BCUT2D eigenvalue weighted by Crippen LogP contribution is -2.57. The first-order chi connectivity index (χ1) is 7.60. The number of methoxy groups -OCH3 is 1. The van der Waals surface area contributed by atoms with Crippen LogP contribution >= 0.6 is 0 Å². The Morgan fingerprint density at radius 3 is 2.81 bits per heavy atom. The first-order valence-corrected chi connectivity index (χ1v) is 5.60. The largest absolute Gasteiger partial charge is 0.393 e. The van der Waals surface area contributed by atoms with E-state index in [9.17, 15) is 9.59 Å². The highest BCUT2D eigenvalue weighted by Crippen LogP contribution is 2.55. The lowest BCUT2D eigenvalue weighted by Gasteiger charge is -2.50. The zero-order valence-electron chi connectivity index (χ0n) is 9.30. The number of hydrogen-bond acceptors (Lipinski definition) is 4. The molecule has 0 amide bonds.